The minimum absolute atomic E-state index is 0.253. The molecule has 6 heteroatoms. The number of halogens is 3. The molecule has 0 aliphatic heterocycles. The van der Waals surface area contributed by atoms with Crippen molar-refractivity contribution in [3.05, 3.63) is 59.7 Å². The summed E-state index contributed by atoms with van der Waals surface area (Å²) >= 11 is 0. The first-order valence-electron chi connectivity index (χ1n) is 6.15. The molecule has 0 bridgehead atoms. The van der Waals surface area contributed by atoms with Crippen LogP contribution in [0.3, 0.4) is 0 Å². The molecule has 0 saturated heterocycles. The van der Waals surface area contributed by atoms with Gasteiger partial charge in [0.05, 0.1) is 13.2 Å². The fourth-order valence-electron chi connectivity index (χ4n) is 1.97. The van der Waals surface area contributed by atoms with Crippen LogP contribution in [-0.4, -0.2) is 13.5 Å². The summed E-state index contributed by atoms with van der Waals surface area (Å²) in [5.74, 6) is 0.275. The molecule has 21 heavy (non-hydrogen) atoms. The van der Waals surface area contributed by atoms with Crippen molar-refractivity contribution >= 4 is 0 Å². The van der Waals surface area contributed by atoms with E-state index in [-0.39, 0.29) is 11.3 Å². The summed E-state index contributed by atoms with van der Waals surface area (Å²) in [6.45, 7) is 0. The van der Waals surface area contributed by atoms with Crippen LogP contribution in [0.25, 0.3) is 0 Å². The predicted octanol–water partition coefficient (Wildman–Crippen LogP) is 3.64. The summed E-state index contributed by atoms with van der Waals surface area (Å²) in [5, 5.41) is 0. The van der Waals surface area contributed by atoms with Gasteiger partial charge in [0.15, 0.2) is 0 Å². The minimum Gasteiger partial charge on any atom is -0.497 e. The van der Waals surface area contributed by atoms with E-state index in [0.29, 0.717) is 11.3 Å². The van der Waals surface area contributed by atoms with Crippen molar-refractivity contribution in [1.29, 1.82) is 0 Å². The van der Waals surface area contributed by atoms with Crippen LogP contribution in [0.2, 0.25) is 0 Å². The summed E-state index contributed by atoms with van der Waals surface area (Å²) in [5.41, 5.74) is 6.94. The molecule has 2 N–H and O–H groups in total. The molecule has 0 spiro atoms. The second kappa shape index (κ2) is 6.05. The second-order valence-electron chi connectivity index (χ2n) is 4.34. The van der Waals surface area contributed by atoms with Crippen LogP contribution in [0.1, 0.15) is 17.2 Å². The maximum absolute atomic E-state index is 12.4. The number of rotatable bonds is 4. The van der Waals surface area contributed by atoms with E-state index in [0.717, 1.165) is 0 Å². The molecule has 0 amide bonds. The first-order chi connectivity index (χ1) is 9.90. The molecular weight excluding hydrogens is 283 g/mol. The fraction of sp³-hybridized carbons (Fsp3) is 0.200. The maximum atomic E-state index is 12.4. The van der Waals surface area contributed by atoms with Crippen molar-refractivity contribution in [1.82, 2.24) is 0 Å². The van der Waals surface area contributed by atoms with Gasteiger partial charge < -0.3 is 15.2 Å². The van der Waals surface area contributed by atoms with Gasteiger partial charge in [-0.05, 0) is 23.8 Å². The number of para-hydroxylation sites is 1. The van der Waals surface area contributed by atoms with E-state index in [1.54, 1.807) is 30.3 Å². The van der Waals surface area contributed by atoms with Gasteiger partial charge in [-0.15, -0.1) is 13.2 Å². The Hall–Kier alpha value is -2.21. The smallest absolute Gasteiger partial charge is 0.497 e. The van der Waals surface area contributed by atoms with E-state index in [1.165, 1.54) is 25.3 Å². The van der Waals surface area contributed by atoms with Gasteiger partial charge >= 0.3 is 6.36 Å². The molecule has 1 atom stereocenters. The lowest BCUT2D eigenvalue weighted by atomic mass is 9.98. The molecule has 0 aliphatic carbocycles. The molecule has 2 aromatic rings. The minimum atomic E-state index is -4.76. The largest absolute Gasteiger partial charge is 0.573 e. The van der Waals surface area contributed by atoms with Crippen molar-refractivity contribution in [2.75, 3.05) is 7.11 Å². The van der Waals surface area contributed by atoms with Crippen molar-refractivity contribution in [2.24, 2.45) is 5.73 Å². The van der Waals surface area contributed by atoms with Gasteiger partial charge in [-0.25, -0.2) is 0 Å². The molecule has 0 aliphatic rings. The Balaban J connectivity index is 2.36. The van der Waals surface area contributed by atoms with Crippen LogP contribution in [-0.2, 0) is 0 Å². The van der Waals surface area contributed by atoms with E-state index in [1.807, 2.05) is 0 Å². The number of hydrogen-bond acceptors (Lipinski definition) is 3. The summed E-state index contributed by atoms with van der Waals surface area (Å²) in [4.78, 5) is 0. The number of benzene rings is 2. The summed E-state index contributed by atoms with van der Waals surface area (Å²) in [6, 6.07) is 11.9. The van der Waals surface area contributed by atoms with Gasteiger partial charge in [-0.2, -0.15) is 0 Å². The second-order valence-corrected chi connectivity index (χ2v) is 4.34. The Morgan fingerprint density at radius 3 is 2.43 bits per heavy atom. The Morgan fingerprint density at radius 2 is 1.76 bits per heavy atom. The monoisotopic (exact) mass is 297 g/mol. The molecule has 0 aromatic heterocycles. The van der Waals surface area contributed by atoms with Crippen molar-refractivity contribution in [3.8, 4) is 11.5 Å². The third kappa shape index (κ3) is 3.88. The molecule has 0 fully saturated rings. The van der Waals surface area contributed by atoms with Gasteiger partial charge in [0, 0.05) is 5.56 Å². The highest BCUT2D eigenvalue weighted by molar-refractivity contribution is 5.43. The number of hydrogen-bond donors (Lipinski definition) is 1. The van der Waals surface area contributed by atoms with Gasteiger partial charge in [0.1, 0.15) is 11.5 Å². The van der Waals surface area contributed by atoms with E-state index in [2.05, 4.69) is 4.74 Å². The van der Waals surface area contributed by atoms with Crippen LogP contribution in [0, 0.1) is 0 Å². The zero-order chi connectivity index (χ0) is 15.5. The van der Waals surface area contributed by atoms with E-state index < -0.39 is 12.4 Å². The Bertz CT molecular complexity index is 614. The third-order valence-corrected chi connectivity index (χ3v) is 2.93. The van der Waals surface area contributed by atoms with Crippen LogP contribution in [0.5, 0.6) is 11.5 Å². The van der Waals surface area contributed by atoms with Gasteiger partial charge in [-0.3, -0.25) is 0 Å². The molecule has 3 nitrogen and oxygen atoms in total. The molecule has 112 valence electrons. The van der Waals surface area contributed by atoms with Crippen LogP contribution in [0.15, 0.2) is 48.5 Å². The van der Waals surface area contributed by atoms with Gasteiger partial charge in [0.25, 0.3) is 0 Å². The first kappa shape index (κ1) is 15.2. The quantitative estimate of drug-likeness (QED) is 0.937. The summed E-state index contributed by atoms with van der Waals surface area (Å²) in [6.07, 6.45) is -4.76. The Labute approximate surface area is 120 Å². The highest BCUT2D eigenvalue weighted by atomic mass is 19.4. The van der Waals surface area contributed by atoms with Crippen molar-refractivity contribution in [3.63, 3.8) is 0 Å². The molecule has 0 saturated carbocycles. The zero-order valence-electron chi connectivity index (χ0n) is 11.2. The lowest BCUT2D eigenvalue weighted by molar-refractivity contribution is -0.274. The Morgan fingerprint density at radius 1 is 1.05 bits per heavy atom. The number of alkyl halides is 3. The fourth-order valence-corrected chi connectivity index (χ4v) is 1.97. The molecule has 1 unspecified atom stereocenters. The van der Waals surface area contributed by atoms with E-state index in [9.17, 15) is 13.2 Å². The highest BCUT2D eigenvalue weighted by Gasteiger charge is 2.32. The van der Waals surface area contributed by atoms with E-state index in [4.69, 9.17) is 10.5 Å². The molecule has 2 aromatic carbocycles. The summed E-state index contributed by atoms with van der Waals surface area (Å²) in [7, 11) is 1.51. The number of nitrogens with two attached hydrogens (primary N) is 1. The standard InChI is InChI=1S/C15H14F3NO2/c1-20-11-6-4-5-10(9-11)14(19)12-7-2-3-8-13(12)21-15(16,17)18/h2-9,14H,19H2,1H3. The van der Waals surface area contributed by atoms with Crippen LogP contribution >= 0.6 is 0 Å². The normalized spacial score (nSPS) is 12.8. The zero-order valence-corrected chi connectivity index (χ0v) is 11.2. The lowest BCUT2D eigenvalue weighted by Crippen LogP contribution is -2.20. The average molecular weight is 297 g/mol. The van der Waals surface area contributed by atoms with Crippen LogP contribution < -0.4 is 15.2 Å². The maximum Gasteiger partial charge on any atom is 0.573 e. The highest BCUT2D eigenvalue weighted by Crippen LogP contribution is 2.32. The molecule has 2 rings (SSSR count). The lowest BCUT2D eigenvalue weighted by Gasteiger charge is -2.18. The van der Waals surface area contributed by atoms with Crippen molar-refractivity contribution < 1.29 is 22.6 Å². The van der Waals surface area contributed by atoms with Crippen LogP contribution in [0.4, 0.5) is 13.2 Å². The molecule has 0 heterocycles. The Kier molecular flexibility index (Phi) is 4.37. The number of methoxy groups -OCH3 is 1. The SMILES string of the molecule is COc1cccc(C(N)c2ccccc2OC(F)(F)F)c1. The summed E-state index contributed by atoms with van der Waals surface area (Å²) < 4.78 is 46.4. The van der Waals surface area contributed by atoms with Gasteiger partial charge in [-0.1, -0.05) is 30.3 Å². The van der Waals surface area contributed by atoms with Crippen molar-refractivity contribution in [2.45, 2.75) is 12.4 Å². The molecule has 0 radical (unpaired) electrons. The average Bonchev–Trinajstić information content (AvgIpc) is 2.45. The predicted molar refractivity (Wildman–Crippen MR) is 72.1 cm³/mol. The van der Waals surface area contributed by atoms with Gasteiger partial charge in [0.2, 0.25) is 0 Å². The number of ether oxygens (including phenoxy) is 2. The topological polar surface area (TPSA) is 44.5 Å². The third-order valence-electron chi connectivity index (χ3n) is 2.93. The molecular formula is C15H14F3NO2. The first-order valence-corrected chi connectivity index (χ1v) is 6.15. The van der Waals surface area contributed by atoms with E-state index >= 15 is 0 Å².